The van der Waals surface area contributed by atoms with Crippen LogP contribution in [0.4, 0.5) is 0 Å². The molecule has 0 aliphatic carbocycles. The minimum atomic E-state index is -1.09. The van der Waals surface area contributed by atoms with E-state index >= 15 is 0 Å². The summed E-state index contributed by atoms with van der Waals surface area (Å²) in [5.41, 5.74) is 1.32. The van der Waals surface area contributed by atoms with E-state index in [1.165, 1.54) is 6.21 Å². The van der Waals surface area contributed by atoms with Crippen LogP contribution >= 0.6 is 0 Å². The summed E-state index contributed by atoms with van der Waals surface area (Å²) in [7, 11) is 0. The van der Waals surface area contributed by atoms with Crippen LogP contribution in [-0.4, -0.2) is 42.2 Å². The van der Waals surface area contributed by atoms with Gasteiger partial charge in [-0.3, -0.25) is 9.59 Å². The van der Waals surface area contributed by atoms with Crippen molar-refractivity contribution in [1.29, 1.82) is 0 Å². The van der Waals surface area contributed by atoms with E-state index in [0.29, 0.717) is 11.3 Å². The number of nitrogens with one attached hydrogen (secondary N) is 2. The SMILES string of the molecule is C=C/C=C\C(=C/C)C(NC(=O)Cc1ccccc1)C(=O)OC(CC)C(=O)NC1C=NOC(C)=C1. The van der Waals surface area contributed by atoms with Gasteiger partial charge in [0.15, 0.2) is 12.1 Å². The van der Waals surface area contributed by atoms with Crippen LogP contribution in [0.3, 0.4) is 0 Å². The first-order chi connectivity index (χ1) is 16.4. The predicted octanol–water partition coefficient (Wildman–Crippen LogP) is 3.13. The average molecular weight is 466 g/mol. The molecule has 34 heavy (non-hydrogen) atoms. The quantitative estimate of drug-likeness (QED) is 0.386. The second-order valence-corrected chi connectivity index (χ2v) is 7.54. The van der Waals surface area contributed by atoms with Crippen molar-refractivity contribution in [3.8, 4) is 0 Å². The lowest BCUT2D eigenvalue weighted by atomic mass is 10.0. The Kier molecular flexibility index (Phi) is 10.5. The van der Waals surface area contributed by atoms with Crippen LogP contribution in [0.25, 0.3) is 0 Å². The smallest absolute Gasteiger partial charge is 0.334 e. The Morgan fingerprint density at radius 3 is 2.62 bits per heavy atom. The second-order valence-electron chi connectivity index (χ2n) is 7.54. The Balaban J connectivity index is 2.14. The molecule has 3 atom stereocenters. The molecule has 8 nitrogen and oxygen atoms in total. The summed E-state index contributed by atoms with van der Waals surface area (Å²) in [4.78, 5) is 43.5. The van der Waals surface area contributed by atoms with E-state index < -0.39 is 30.1 Å². The van der Waals surface area contributed by atoms with Crippen LogP contribution in [0.2, 0.25) is 0 Å². The number of amides is 2. The summed E-state index contributed by atoms with van der Waals surface area (Å²) in [6, 6.07) is 7.62. The van der Waals surface area contributed by atoms with Gasteiger partial charge in [-0.1, -0.05) is 73.3 Å². The molecule has 0 saturated carbocycles. The first-order valence-electron chi connectivity index (χ1n) is 11.1. The molecule has 1 aliphatic rings. The van der Waals surface area contributed by atoms with Gasteiger partial charge < -0.3 is 20.2 Å². The van der Waals surface area contributed by atoms with Crippen LogP contribution < -0.4 is 10.6 Å². The summed E-state index contributed by atoms with van der Waals surface area (Å²) in [5, 5.41) is 9.19. The van der Waals surface area contributed by atoms with Crippen molar-refractivity contribution in [1.82, 2.24) is 10.6 Å². The van der Waals surface area contributed by atoms with Crippen LogP contribution in [-0.2, 0) is 30.4 Å². The highest BCUT2D eigenvalue weighted by molar-refractivity contribution is 5.91. The number of oxime groups is 1. The van der Waals surface area contributed by atoms with Crippen LogP contribution in [0.5, 0.6) is 0 Å². The Morgan fingerprint density at radius 1 is 1.26 bits per heavy atom. The molecule has 1 heterocycles. The maximum Gasteiger partial charge on any atom is 0.334 e. The summed E-state index contributed by atoms with van der Waals surface area (Å²) in [6.07, 6.45) is 8.99. The van der Waals surface area contributed by atoms with Gasteiger partial charge in [0.2, 0.25) is 5.91 Å². The second kappa shape index (κ2) is 13.6. The summed E-state index contributed by atoms with van der Waals surface area (Å²) >= 11 is 0. The van der Waals surface area contributed by atoms with Gasteiger partial charge in [0.05, 0.1) is 18.7 Å². The fourth-order valence-electron chi connectivity index (χ4n) is 3.18. The molecule has 2 rings (SSSR count). The average Bonchev–Trinajstić information content (AvgIpc) is 2.82. The van der Waals surface area contributed by atoms with Gasteiger partial charge >= 0.3 is 5.97 Å². The molecule has 8 heteroatoms. The van der Waals surface area contributed by atoms with Crippen LogP contribution in [0, 0.1) is 0 Å². The number of rotatable bonds is 11. The molecule has 0 saturated heterocycles. The molecule has 2 amide bonds. The highest BCUT2D eigenvalue weighted by atomic mass is 16.6. The van der Waals surface area contributed by atoms with E-state index in [1.807, 2.05) is 30.3 Å². The molecular formula is C26H31N3O5. The highest BCUT2D eigenvalue weighted by Crippen LogP contribution is 2.12. The number of hydrogen-bond acceptors (Lipinski definition) is 6. The first kappa shape index (κ1) is 26.3. The fourth-order valence-corrected chi connectivity index (χ4v) is 3.18. The standard InChI is InChI=1S/C26H31N3O5/c1-5-8-14-20(6-2)24(29-23(30)16-19-12-10-9-11-13-19)26(32)33-22(7-3)25(31)28-21-15-18(4)34-27-17-21/h5-6,8-15,17,21-22,24H,1,7,16H2,2-4H3,(H,28,31)(H,29,30)/b14-8-,20-6+. The number of ether oxygens (including phenoxy) is 1. The molecule has 0 radical (unpaired) electrons. The number of carbonyl (C=O) groups excluding carboxylic acids is 3. The van der Waals surface area contributed by atoms with E-state index in [4.69, 9.17) is 9.57 Å². The summed E-state index contributed by atoms with van der Waals surface area (Å²) in [6.45, 7) is 8.83. The topological polar surface area (TPSA) is 106 Å². The van der Waals surface area contributed by atoms with E-state index in [9.17, 15) is 14.4 Å². The number of nitrogens with zero attached hydrogens (tertiary/aromatic N) is 1. The molecule has 1 aromatic carbocycles. The van der Waals surface area contributed by atoms with Crippen molar-refractivity contribution in [2.75, 3.05) is 0 Å². The summed E-state index contributed by atoms with van der Waals surface area (Å²) < 4.78 is 5.54. The van der Waals surface area contributed by atoms with E-state index in [-0.39, 0.29) is 18.7 Å². The highest BCUT2D eigenvalue weighted by Gasteiger charge is 2.30. The first-order valence-corrected chi connectivity index (χ1v) is 11.1. The largest absolute Gasteiger partial charge is 0.450 e. The van der Waals surface area contributed by atoms with E-state index in [2.05, 4.69) is 22.4 Å². The van der Waals surface area contributed by atoms with Crippen molar-refractivity contribution in [3.63, 3.8) is 0 Å². The van der Waals surface area contributed by atoms with Crippen molar-refractivity contribution in [3.05, 3.63) is 84.2 Å². The van der Waals surface area contributed by atoms with Crippen molar-refractivity contribution < 1.29 is 24.0 Å². The van der Waals surface area contributed by atoms with E-state index in [0.717, 1.165) is 5.56 Å². The molecule has 0 aromatic heterocycles. The van der Waals surface area contributed by atoms with Gasteiger partial charge in [0.1, 0.15) is 5.76 Å². The third kappa shape index (κ3) is 8.20. The maximum absolute atomic E-state index is 13.1. The number of hydrogen-bond donors (Lipinski definition) is 2. The molecule has 1 aromatic rings. The monoisotopic (exact) mass is 465 g/mol. The van der Waals surface area contributed by atoms with Crippen LogP contribution in [0.1, 0.15) is 32.8 Å². The third-order valence-electron chi connectivity index (χ3n) is 4.90. The third-order valence-corrected chi connectivity index (χ3v) is 4.90. The molecule has 2 N–H and O–H groups in total. The fraction of sp³-hybridized carbons (Fsp3) is 0.308. The van der Waals surface area contributed by atoms with Crippen LogP contribution in [0.15, 0.2) is 83.8 Å². The molecule has 180 valence electrons. The van der Waals surface area contributed by atoms with Gasteiger partial charge in [-0.05, 0) is 37.5 Å². The predicted molar refractivity (Wildman–Crippen MR) is 131 cm³/mol. The number of carbonyl (C=O) groups is 3. The van der Waals surface area contributed by atoms with Gasteiger partial charge in [-0.2, -0.15) is 0 Å². The number of esters is 1. The Bertz CT molecular complexity index is 995. The Labute approximate surface area is 200 Å². The molecule has 0 spiro atoms. The molecule has 0 fully saturated rings. The zero-order valence-electron chi connectivity index (χ0n) is 19.7. The lowest BCUT2D eigenvalue weighted by Crippen LogP contribution is -2.48. The molecule has 0 bridgehead atoms. The minimum absolute atomic E-state index is 0.0965. The lowest BCUT2D eigenvalue weighted by Gasteiger charge is -2.23. The number of benzene rings is 1. The zero-order valence-corrected chi connectivity index (χ0v) is 19.7. The molecule has 1 aliphatic heterocycles. The van der Waals surface area contributed by atoms with Gasteiger partial charge in [-0.25, -0.2) is 4.79 Å². The summed E-state index contributed by atoms with van der Waals surface area (Å²) in [5.74, 6) is -1.02. The van der Waals surface area contributed by atoms with Crippen molar-refractivity contribution in [2.24, 2.45) is 5.16 Å². The van der Waals surface area contributed by atoms with Crippen molar-refractivity contribution >= 4 is 24.0 Å². The maximum atomic E-state index is 13.1. The van der Waals surface area contributed by atoms with Crippen molar-refractivity contribution in [2.45, 2.75) is 51.8 Å². The van der Waals surface area contributed by atoms with E-state index in [1.54, 1.807) is 51.2 Å². The Hall–Kier alpha value is -3.94. The van der Waals surface area contributed by atoms with Gasteiger partial charge in [0.25, 0.3) is 5.91 Å². The Morgan fingerprint density at radius 2 is 2.00 bits per heavy atom. The molecular weight excluding hydrogens is 434 g/mol. The molecule has 3 unspecified atom stereocenters. The normalized spacial score (nSPS) is 17.2. The zero-order chi connectivity index (χ0) is 24.9. The lowest BCUT2D eigenvalue weighted by molar-refractivity contribution is -0.157. The van der Waals surface area contributed by atoms with Gasteiger partial charge in [-0.15, -0.1) is 0 Å². The number of allylic oxidation sites excluding steroid dienone is 4. The minimum Gasteiger partial charge on any atom is -0.450 e. The van der Waals surface area contributed by atoms with Gasteiger partial charge in [0, 0.05) is 0 Å².